The number of aromatic nitrogens is 2. The Bertz CT molecular complexity index is 619. The molecule has 0 aliphatic carbocycles. The summed E-state index contributed by atoms with van der Waals surface area (Å²) >= 11 is 4.08. The number of nitrogens with one attached hydrogen (secondary N) is 1. The van der Waals surface area contributed by atoms with Gasteiger partial charge in [-0.25, -0.2) is 14.4 Å². The molecule has 0 saturated carbocycles. The number of nitrogens with zero attached hydrogens (tertiary/aromatic N) is 2. The summed E-state index contributed by atoms with van der Waals surface area (Å²) in [5.41, 5.74) is 0.640. The zero-order valence-electron chi connectivity index (χ0n) is 10.2. The number of rotatable bonds is 3. The Labute approximate surface area is 115 Å². The summed E-state index contributed by atoms with van der Waals surface area (Å²) in [4.78, 5) is 20.5. The second-order valence-corrected chi connectivity index (χ2v) is 4.46. The topological polar surface area (TPSA) is 54.9 Å². The highest BCUT2D eigenvalue weighted by Crippen LogP contribution is 2.13. The van der Waals surface area contributed by atoms with Crippen LogP contribution in [0.1, 0.15) is 21.9 Å². The van der Waals surface area contributed by atoms with Crippen molar-refractivity contribution in [3.8, 4) is 0 Å². The highest BCUT2D eigenvalue weighted by Gasteiger charge is 2.11. The van der Waals surface area contributed by atoms with Crippen LogP contribution in [-0.4, -0.2) is 15.9 Å². The maximum absolute atomic E-state index is 13.5. The van der Waals surface area contributed by atoms with Crippen LogP contribution in [0.3, 0.4) is 0 Å². The van der Waals surface area contributed by atoms with Crippen LogP contribution in [-0.2, 0) is 6.54 Å². The number of amides is 1. The molecule has 1 aromatic carbocycles. The highest BCUT2D eigenvalue weighted by atomic mass is 32.1. The summed E-state index contributed by atoms with van der Waals surface area (Å²) in [6.07, 6.45) is 1.61. The summed E-state index contributed by atoms with van der Waals surface area (Å²) in [5.74, 6) is -0.450. The van der Waals surface area contributed by atoms with Crippen LogP contribution >= 0.6 is 12.6 Å². The van der Waals surface area contributed by atoms with Gasteiger partial charge in [0.25, 0.3) is 5.91 Å². The summed E-state index contributed by atoms with van der Waals surface area (Å²) in [6.45, 7) is 1.98. The van der Waals surface area contributed by atoms with Crippen molar-refractivity contribution in [2.45, 2.75) is 18.4 Å². The van der Waals surface area contributed by atoms with Gasteiger partial charge in [0.1, 0.15) is 11.6 Å². The van der Waals surface area contributed by atoms with E-state index in [4.69, 9.17) is 0 Å². The number of thiol groups is 1. The van der Waals surface area contributed by atoms with Gasteiger partial charge in [0.05, 0.1) is 17.8 Å². The zero-order chi connectivity index (χ0) is 13.8. The van der Waals surface area contributed by atoms with Crippen molar-refractivity contribution < 1.29 is 9.18 Å². The molecule has 0 fully saturated rings. The van der Waals surface area contributed by atoms with Crippen LogP contribution in [0.25, 0.3) is 0 Å². The molecule has 1 aromatic heterocycles. The molecule has 4 nitrogen and oxygen atoms in total. The Hall–Kier alpha value is -1.95. The van der Waals surface area contributed by atoms with E-state index in [0.717, 1.165) is 0 Å². The Balaban J connectivity index is 2.07. The average molecular weight is 277 g/mol. The van der Waals surface area contributed by atoms with E-state index in [1.165, 1.54) is 18.2 Å². The van der Waals surface area contributed by atoms with Crippen molar-refractivity contribution in [1.29, 1.82) is 0 Å². The molecule has 1 N–H and O–H groups in total. The van der Waals surface area contributed by atoms with Crippen molar-refractivity contribution in [3.63, 3.8) is 0 Å². The lowest BCUT2D eigenvalue weighted by molar-refractivity contribution is 0.0946. The molecule has 0 aliphatic rings. The molecule has 0 bridgehead atoms. The number of carbonyl (C=O) groups excluding carboxylic acids is 1. The predicted molar refractivity (Wildman–Crippen MR) is 71.6 cm³/mol. The third-order valence-corrected chi connectivity index (χ3v) is 2.74. The molecule has 19 heavy (non-hydrogen) atoms. The molecule has 2 rings (SSSR count). The standard InChI is InChI=1S/C13H12FN3OS/c1-8-15-5-4-9(17-8)7-16-13(18)11-6-10(19)2-3-12(11)14/h2-6,19H,7H2,1H3,(H,16,18). The summed E-state index contributed by atoms with van der Waals surface area (Å²) in [6, 6.07) is 5.78. The lowest BCUT2D eigenvalue weighted by atomic mass is 10.2. The third kappa shape index (κ3) is 3.51. The third-order valence-electron chi connectivity index (χ3n) is 2.46. The van der Waals surface area contributed by atoms with E-state index in [2.05, 4.69) is 27.9 Å². The maximum atomic E-state index is 13.5. The van der Waals surface area contributed by atoms with Gasteiger partial charge in [0, 0.05) is 11.1 Å². The van der Waals surface area contributed by atoms with Gasteiger partial charge >= 0.3 is 0 Å². The monoisotopic (exact) mass is 277 g/mol. The van der Waals surface area contributed by atoms with Gasteiger partial charge < -0.3 is 5.32 Å². The Morgan fingerprint density at radius 2 is 2.21 bits per heavy atom. The smallest absolute Gasteiger partial charge is 0.254 e. The van der Waals surface area contributed by atoms with E-state index in [-0.39, 0.29) is 12.1 Å². The van der Waals surface area contributed by atoms with Gasteiger partial charge in [-0.15, -0.1) is 12.6 Å². The molecule has 0 aliphatic heterocycles. The molecule has 1 heterocycles. The molecular weight excluding hydrogens is 265 g/mol. The predicted octanol–water partition coefficient (Wildman–Crippen LogP) is 2.14. The number of halogens is 1. The number of hydrogen-bond acceptors (Lipinski definition) is 4. The van der Waals surface area contributed by atoms with Gasteiger partial charge in [-0.3, -0.25) is 4.79 Å². The van der Waals surface area contributed by atoms with E-state index in [0.29, 0.717) is 16.4 Å². The van der Waals surface area contributed by atoms with Gasteiger partial charge in [0.15, 0.2) is 0 Å². The molecule has 0 radical (unpaired) electrons. The molecular formula is C13H12FN3OS. The number of benzene rings is 1. The normalized spacial score (nSPS) is 10.3. The molecule has 1 amide bonds. The first-order valence-electron chi connectivity index (χ1n) is 5.61. The maximum Gasteiger partial charge on any atom is 0.254 e. The van der Waals surface area contributed by atoms with Crippen molar-refractivity contribution in [2.24, 2.45) is 0 Å². The highest BCUT2D eigenvalue weighted by molar-refractivity contribution is 7.80. The first-order valence-corrected chi connectivity index (χ1v) is 6.06. The fraction of sp³-hybridized carbons (Fsp3) is 0.154. The lowest BCUT2D eigenvalue weighted by Crippen LogP contribution is -2.24. The van der Waals surface area contributed by atoms with Gasteiger partial charge in [-0.1, -0.05) is 0 Å². The Morgan fingerprint density at radius 3 is 2.95 bits per heavy atom. The van der Waals surface area contributed by atoms with E-state index >= 15 is 0 Å². The SMILES string of the molecule is Cc1nccc(CNC(=O)c2cc(S)ccc2F)n1. The van der Waals surface area contributed by atoms with Crippen molar-refractivity contribution in [3.05, 3.63) is 53.4 Å². The first kappa shape index (κ1) is 13.5. The van der Waals surface area contributed by atoms with E-state index < -0.39 is 11.7 Å². The van der Waals surface area contributed by atoms with E-state index in [9.17, 15) is 9.18 Å². The summed E-state index contributed by atoms with van der Waals surface area (Å²) in [7, 11) is 0. The molecule has 0 atom stereocenters. The van der Waals surface area contributed by atoms with Gasteiger partial charge in [0.2, 0.25) is 0 Å². The molecule has 0 spiro atoms. The van der Waals surface area contributed by atoms with Crippen LogP contribution < -0.4 is 5.32 Å². The van der Waals surface area contributed by atoms with Crippen LogP contribution in [0.15, 0.2) is 35.4 Å². The molecule has 0 unspecified atom stereocenters. The molecule has 6 heteroatoms. The van der Waals surface area contributed by atoms with E-state index in [1.807, 2.05) is 0 Å². The second-order valence-electron chi connectivity index (χ2n) is 3.94. The Morgan fingerprint density at radius 1 is 1.42 bits per heavy atom. The lowest BCUT2D eigenvalue weighted by Gasteiger charge is -2.06. The van der Waals surface area contributed by atoms with Gasteiger partial charge in [-0.05, 0) is 31.2 Å². The minimum absolute atomic E-state index is 0.0294. The molecule has 98 valence electrons. The fourth-order valence-electron chi connectivity index (χ4n) is 1.56. The minimum Gasteiger partial charge on any atom is -0.346 e. The number of hydrogen-bond donors (Lipinski definition) is 2. The fourth-order valence-corrected chi connectivity index (χ4v) is 1.76. The summed E-state index contributed by atoms with van der Waals surface area (Å²) < 4.78 is 13.5. The number of aryl methyl sites for hydroxylation is 1. The van der Waals surface area contributed by atoms with Crippen LogP contribution in [0, 0.1) is 12.7 Å². The largest absolute Gasteiger partial charge is 0.346 e. The molecule has 2 aromatic rings. The van der Waals surface area contributed by atoms with Crippen LogP contribution in [0.2, 0.25) is 0 Å². The second kappa shape index (κ2) is 5.79. The van der Waals surface area contributed by atoms with Crippen molar-refractivity contribution in [2.75, 3.05) is 0 Å². The van der Waals surface area contributed by atoms with Crippen molar-refractivity contribution in [1.82, 2.24) is 15.3 Å². The average Bonchev–Trinajstić information content (AvgIpc) is 2.39. The van der Waals surface area contributed by atoms with E-state index in [1.54, 1.807) is 19.2 Å². The van der Waals surface area contributed by atoms with Crippen molar-refractivity contribution >= 4 is 18.5 Å². The van der Waals surface area contributed by atoms with Gasteiger partial charge in [-0.2, -0.15) is 0 Å². The molecule has 0 saturated heterocycles. The quantitative estimate of drug-likeness (QED) is 0.845. The van der Waals surface area contributed by atoms with Crippen LogP contribution in [0.4, 0.5) is 4.39 Å². The summed E-state index contributed by atoms with van der Waals surface area (Å²) in [5, 5.41) is 2.61. The van der Waals surface area contributed by atoms with Crippen LogP contribution in [0.5, 0.6) is 0 Å². The first-order chi connectivity index (χ1) is 9.06. The number of carbonyl (C=O) groups is 1. The zero-order valence-corrected chi connectivity index (χ0v) is 11.1. The Kier molecular flexibility index (Phi) is 4.11. The minimum atomic E-state index is -0.575.